The zero-order valence-electron chi connectivity index (χ0n) is 59.4. The van der Waals surface area contributed by atoms with E-state index in [2.05, 4.69) is 86.8 Å². The van der Waals surface area contributed by atoms with Crippen molar-refractivity contribution in [2.45, 2.75) is 373 Å². The molecular formula is C79H146NO8P. The average Bonchev–Trinajstić information content (AvgIpc) is 3.60. The zero-order valence-corrected chi connectivity index (χ0v) is 60.3. The van der Waals surface area contributed by atoms with Crippen LogP contribution in [0.15, 0.2) is 72.9 Å². The van der Waals surface area contributed by atoms with Gasteiger partial charge in [0.2, 0.25) is 0 Å². The fourth-order valence-electron chi connectivity index (χ4n) is 11.2. The Kier molecular flexibility index (Phi) is 67.8. The predicted octanol–water partition coefficient (Wildman–Crippen LogP) is 24.5. The quantitative estimate of drug-likeness (QED) is 0.0195. The van der Waals surface area contributed by atoms with E-state index in [9.17, 15) is 19.0 Å². The maximum Gasteiger partial charge on any atom is 0.306 e. The molecule has 0 aliphatic rings. The molecule has 0 amide bonds. The van der Waals surface area contributed by atoms with Gasteiger partial charge in [-0.3, -0.25) is 14.2 Å². The molecular weight excluding hydrogens is 1120 g/mol. The molecule has 0 bridgehead atoms. The van der Waals surface area contributed by atoms with Crippen LogP contribution in [0.2, 0.25) is 0 Å². The van der Waals surface area contributed by atoms with E-state index < -0.39 is 26.5 Å². The summed E-state index contributed by atoms with van der Waals surface area (Å²) in [6.07, 6.45) is 94.4. The van der Waals surface area contributed by atoms with Crippen LogP contribution in [-0.4, -0.2) is 70.0 Å². The number of nitrogens with zero attached hydrogens (tertiary/aromatic N) is 1. The summed E-state index contributed by atoms with van der Waals surface area (Å²) in [5.41, 5.74) is 0. The third kappa shape index (κ3) is 74.4. The molecule has 9 nitrogen and oxygen atoms in total. The van der Waals surface area contributed by atoms with Crippen molar-refractivity contribution >= 4 is 19.8 Å². The Balaban J connectivity index is 3.97. The Bertz CT molecular complexity index is 1730. The van der Waals surface area contributed by atoms with Crippen molar-refractivity contribution in [2.75, 3.05) is 47.5 Å². The molecule has 2 atom stereocenters. The lowest BCUT2D eigenvalue weighted by Crippen LogP contribution is -2.37. The Morgan fingerprint density at radius 3 is 0.955 bits per heavy atom. The van der Waals surface area contributed by atoms with Crippen molar-refractivity contribution in [1.82, 2.24) is 0 Å². The van der Waals surface area contributed by atoms with Crippen LogP contribution in [0.3, 0.4) is 0 Å². The van der Waals surface area contributed by atoms with Gasteiger partial charge >= 0.3 is 11.9 Å². The van der Waals surface area contributed by atoms with Crippen molar-refractivity contribution in [2.24, 2.45) is 0 Å². The standard InChI is InChI=1S/C79H146NO8P/c1-6-8-10-12-14-16-18-20-22-24-26-28-30-32-34-36-38-40-42-44-46-48-50-52-54-56-58-60-62-64-66-68-70-72-79(82)88-77(76-87-89(83,84)86-74-73-80(3,4)5)75-85-78(81)71-69-67-65-63-61-59-57-55-53-51-49-47-45-43-41-39-37-35-33-31-29-27-25-23-21-19-17-15-13-11-9-7-2/h8,10,14,16,20,22,26,28,32,34,38,40,77H,6-7,9,11-13,15,17-19,21,23-25,27,29-31,33,35-37,39,41-76H2,1-5H3/b10-8-,16-14-,22-20-,28-26-,34-32-,40-38-. The molecule has 10 heteroatoms. The summed E-state index contributed by atoms with van der Waals surface area (Å²) < 4.78 is 34.4. The summed E-state index contributed by atoms with van der Waals surface area (Å²) in [4.78, 5) is 38.1. The van der Waals surface area contributed by atoms with Crippen LogP contribution in [-0.2, 0) is 32.7 Å². The number of ether oxygens (including phenoxy) is 2. The van der Waals surface area contributed by atoms with Gasteiger partial charge in [-0.25, -0.2) is 0 Å². The summed E-state index contributed by atoms with van der Waals surface area (Å²) in [5.74, 6) is -0.817. The lowest BCUT2D eigenvalue weighted by atomic mass is 10.0. The Morgan fingerprint density at radius 1 is 0.360 bits per heavy atom. The van der Waals surface area contributed by atoms with Gasteiger partial charge in [0, 0.05) is 12.8 Å². The summed E-state index contributed by atoms with van der Waals surface area (Å²) in [5, 5.41) is 0. The third-order valence-electron chi connectivity index (χ3n) is 17.0. The number of carbonyl (C=O) groups excluding carboxylic acids is 2. The highest BCUT2D eigenvalue weighted by Gasteiger charge is 2.22. The monoisotopic (exact) mass is 1270 g/mol. The first kappa shape index (κ1) is 86.5. The van der Waals surface area contributed by atoms with E-state index in [1.165, 1.54) is 257 Å². The second kappa shape index (κ2) is 69.8. The lowest BCUT2D eigenvalue weighted by molar-refractivity contribution is -0.870. The number of unbranched alkanes of at least 4 members (excludes halogenated alkanes) is 45. The SMILES string of the molecule is CC/C=C\C/C=C\C/C=C\C/C=C\C/C=C\C/C=C\CCCCCCCCCCCCCCCCC(=O)OC(COC(=O)CCCCCCCCCCCCCCCCCCCCCCCCCCCCCCCCCC)COP(=O)([O-])OCC[N+](C)(C)C. The fourth-order valence-corrected chi connectivity index (χ4v) is 11.9. The number of phosphoric acid groups is 1. The van der Waals surface area contributed by atoms with Crippen molar-refractivity contribution in [3.05, 3.63) is 72.9 Å². The van der Waals surface area contributed by atoms with E-state index in [-0.39, 0.29) is 32.0 Å². The Labute approximate surface area is 552 Å². The topological polar surface area (TPSA) is 111 Å². The summed E-state index contributed by atoms with van der Waals surface area (Å²) in [6, 6.07) is 0. The van der Waals surface area contributed by atoms with Crippen LogP contribution in [0.4, 0.5) is 0 Å². The minimum atomic E-state index is -4.65. The van der Waals surface area contributed by atoms with Crippen molar-refractivity contribution in [3.63, 3.8) is 0 Å². The highest BCUT2D eigenvalue weighted by Crippen LogP contribution is 2.38. The summed E-state index contributed by atoms with van der Waals surface area (Å²) in [7, 11) is 1.18. The summed E-state index contributed by atoms with van der Waals surface area (Å²) >= 11 is 0. The second-order valence-electron chi connectivity index (χ2n) is 27.0. The van der Waals surface area contributed by atoms with Crippen LogP contribution in [0.1, 0.15) is 367 Å². The average molecular weight is 1270 g/mol. The molecule has 0 N–H and O–H groups in total. The van der Waals surface area contributed by atoms with Gasteiger partial charge in [-0.15, -0.1) is 0 Å². The number of quaternary nitrogens is 1. The predicted molar refractivity (Wildman–Crippen MR) is 383 cm³/mol. The van der Waals surface area contributed by atoms with Crippen LogP contribution >= 0.6 is 7.82 Å². The smallest absolute Gasteiger partial charge is 0.306 e. The first-order valence-electron chi connectivity index (χ1n) is 38.1. The van der Waals surface area contributed by atoms with Gasteiger partial charge in [-0.1, -0.05) is 363 Å². The van der Waals surface area contributed by atoms with Crippen molar-refractivity contribution < 1.29 is 42.1 Å². The number of allylic oxidation sites excluding steroid dienone is 12. The zero-order chi connectivity index (χ0) is 64.8. The first-order chi connectivity index (χ1) is 43.5. The molecule has 0 saturated heterocycles. The molecule has 89 heavy (non-hydrogen) atoms. The summed E-state index contributed by atoms with van der Waals surface area (Å²) in [6.45, 7) is 4.19. The molecule has 0 aromatic heterocycles. The van der Waals surface area contributed by atoms with E-state index in [1.54, 1.807) is 0 Å². The van der Waals surface area contributed by atoms with Crippen LogP contribution in [0.25, 0.3) is 0 Å². The number of hydrogen-bond donors (Lipinski definition) is 0. The van der Waals surface area contributed by atoms with Gasteiger partial charge in [0.1, 0.15) is 19.8 Å². The molecule has 0 saturated carbocycles. The molecule has 0 aromatic carbocycles. The Morgan fingerprint density at radius 2 is 0.640 bits per heavy atom. The van der Waals surface area contributed by atoms with Gasteiger partial charge in [0.25, 0.3) is 7.82 Å². The largest absolute Gasteiger partial charge is 0.756 e. The van der Waals surface area contributed by atoms with Crippen molar-refractivity contribution in [1.29, 1.82) is 0 Å². The number of carbonyl (C=O) groups is 2. The molecule has 0 heterocycles. The highest BCUT2D eigenvalue weighted by atomic mass is 31.2. The van der Waals surface area contributed by atoms with Crippen molar-refractivity contribution in [3.8, 4) is 0 Å². The number of likely N-dealkylation sites (N-methyl/N-ethyl adjacent to an activating group) is 1. The molecule has 0 aliphatic carbocycles. The Hall–Kier alpha value is -2.55. The second-order valence-corrected chi connectivity index (χ2v) is 28.4. The molecule has 0 aromatic rings. The van der Waals surface area contributed by atoms with Gasteiger partial charge in [-0.05, 0) is 64.2 Å². The van der Waals surface area contributed by atoms with Gasteiger partial charge in [0.05, 0.1) is 27.7 Å². The molecule has 0 fully saturated rings. The lowest BCUT2D eigenvalue weighted by Gasteiger charge is -2.28. The van der Waals surface area contributed by atoms with E-state index in [0.717, 1.165) is 77.0 Å². The molecule has 0 radical (unpaired) electrons. The number of esters is 2. The van der Waals surface area contributed by atoms with E-state index >= 15 is 0 Å². The maximum atomic E-state index is 12.9. The molecule has 2 unspecified atom stereocenters. The molecule has 0 rings (SSSR count). The normalized spacial score (nSPS) is 13.5. The third-order valence-corrected chi connectivity index (χ3v) is 18.0. The highest BCUT2D eigenvalue weighted by molar-refractivity contribution is 7.45. The van der Waals surface area contributed by atoms with Crippen LogP contribution in [0.5, 0.6) is 0 Å². The van der Waals surface area contributed by atoms with E-state index in [0.29, 0.717) is 17.4 Å². The maximum absolute atomic E-state index is 12.9. The number of rotatable bonds is 71. The van der Waals surface area contributed by atoms with Gasteiger partial charge < -0.3 is 27.9 Å². The van der Waals surface area contributed by atoms with Crippen LogP contribution in [0, 0.1) is 0 Å². The van der Waals surface area contributed by atoms with E-state index in [4.69, 9.17) is 18.5 Å². The van der Waals surface area contributed by atoms with Gasteiger partial charge in [0.15, 0.2) is 6.10 Å². The van der Waals surface area contributed by atoms with Gasteiger partial charge in [-0.2, -0.15) is 0 Å². The minimum absolute atomic E-state index is 0.0306. The first-order valence-corrected chi connectivity index (χ1v) is 39.6. The van der Waals surface area contributed by atoms with E-state index in [1.807, 2.05) is 21.1 Å². The molecule has 0 spiro atoms. The van der Waals surface area contributed by atoms with Crippen LogP contribution < -0.4 is 4.89 Å². The number of hydrogen-bond acceptors (Lipinski definition) is 8. The fraction of sp³-hybridized carbons (Fsp3) is 0.823. The molecule has 0 aliphatic heterocycles. The number of phosphoric ester groups is 1. The minimum Gasteiger partial charge on any atom is -0.756 e. The molecule has 520 valence electrons.